The Hall–Kier alpha value is -1.01. The minimum Gasteiger partial charge on any atom is -0.492 e. The molecule has 0 saturated carbocycles. The molecule has 1 fully saturated rings. The van der Waals surface area contributed by atoms with E-state index in [1.165, 1.54) is 0 Å². The van der Waals surface area contributed by atoms with Crippen LogP contribution in [0.25, 0.3) is 0 Å². The minimum absolute atomic E-state index is 0.0611. The van der Waals surface area contributed by atoms with Gasteiger partial charge in [0.05, 0.1) is 11.6 Å². The van der Waals surface area contributed by atoms with Crippen LogP contribution in [0, 0.1) is 0 Å². The van der Waals surface area contributed by atoms with Gasteiger partial charge in [0.25, 0.3) is 0 Å². The molecule has 0 unspecified atom stereocenters. The van der Waals surface area contributed by atoms with Crippen LogP contribution in [-0.4, -0.2) is 56.7 Å². The van der Waals surface area contributed by atoms with Crippen molar-refractivity contribution in [2.24, 2.45) is 0 Å². The van der Waals surface area contributed by atoms with Crippen molar-refractivity contribution in [1.29, 1.82) is 0 Å². The van der Waals surface area contributed by atoms with E-state index in [1.807, 2.05) is 0 Å². The molecule has 1 heterocycles. The number of rotatable bonds is 8. The summed E-state index contributed by atoms with van der Waals surface area (Å²) in [7, 11) is 0. The van der Waals surface area contributed by atoms with E-state index in [-0.39, 0.29) is 5.91 Å². The Morgan fingerprint density at radius 2 is 2.09 bits per heavy atom. The zero-order valence-electron chi connectivity index (χ0n) is 13.1. The SMILES string of the molecule is O=C(CCCOc1ccc(Cl)cc1Cl)NCCN1CCNCC1. The van der Waals surface area contributed by atoms with Crippen molar-refractivity contribution in [3.8, 4) is 5.75 Å². The average Bonchev–Trinajstić information content (AvgIpc) is 2.54. The number of piperazine rings is 1. The fraction of sp³-hybridized carbons (Fsp3) is 0.562. The quantitative estimate of drug-likeness (QED) is 0.698. The molecule has 1 aromatic rings. The molecule has 0 aliphatic carbocycles. The zero-order valence-corrected chi connectivity index (χ0v) is 14.6. The summed E-state index contributed by atoms with van der Waals surface area (Å²) in [5.41, 5.74) is 0. The van der Waals surface area contributed by atoms with Gasteiger partial charge in [-0.1, -0.05) is 23.2 Å². The summed E-state index contributed by atoms with van der Waals surface area (Å²) in [6.45, 7) is 6.20. The molecule has 0 atom stereocenters. The summed E-state index contributed by atoms with van der Waals surface area (Å²) in [5, 5.41) is 7.32. The van der Waals surface area contributed by atoms with Gasteiger partial charge >= 0.3 is 0 Å². The van der Waals surface area contributed by atoms with Gasteiger partial charge in [-0.3, -0.25) is 9.69 Å². The average molecular weight is 360 g/mol. The van der Waals surface area contributed by atoms with Crippen LogP contribution in [0.5, 0.6) is 5.75 Å². The predicted molar refractivity (Wildman–Crippen MR) is 93.5 cm³/mol. The molecule has 7 heteroatoms. The third-order valence-corrected chi connectivity index (χ3v) is 4.19. The number of nitrogens with one attached hydrogen (secondary N) is 2. The van der Waals surface area contributed by atoms with Crippen molar-refractivity contribution in [1.82, 2.24) is 15.5 Å². The van der Waals surface area contributed by atoms with Crippen molar-refractivity contribution in [3.05, 3.63) is 28.2 Å². The third kappa shape index (κ3) is 6.96. The van der Waals surface area contributed by atoms with Crippen molar-refractivity contribution in [3.63, 3.8) is 0 Å². The molecule has 1 saturated heterocycles. The van der Waals surface area contributed by atoms with E-state index in [0.717, 1.165) is 32.7 Å². The molecule has 1 aliphatic rings. The Morgan fingerprint density at radius 3 is 2.83 bits per heavy atom. The monoisotopic (exact) mass is 359 g/mol. The van der Waals surface area contributed by atoms with Crippen LogP contribution in [0.1, 0.15) is 12.8 Å². The van der Waals surface area contributed by atoms with E-state index >= 15 is 0 Å². The van der Waals surface area contributed by atoms with Gasteiger partial charge in [0, 0.05) is 50.7 Å². The van der Waals surface area contributed by atoms with Crippen LogP contribution in [0.2, 0.25) is 10.0 Å². The second kappa shape index (κ2) is 9.98. The highest BCUT2D eigenvalue weighted by atomic mass is 35.5. The molecule has 1 aromatic carbocycles. The van der Waals surface area contributed by atoms with Crippen LogP contribution < -0.4 is 15.4 Å². The first-order valence-electron chi connectivity index (χ1n) is 7.93. The summed E-state index contributed by atoms with van der Waals surface area (Å²) in [5.74, 6) is 0.654. The van der Waals surface area contributed by atoms with Gasteiger partial charge in [-0.05, 0) is 24.6 Å². The van der Waals surface area contributed by atoms with Crippen molar-refractivity contribution >= 4 is 29.1 Å². The van der Waals surface area contributed by atoms with Crippen LogP contribution in [0.15, 0.2) is 18.2 Å². The molecule has 0 radical (unpaired) electrons. The molecule has 1 aliphatic heterocycles. The maximum absolute atomic E-state index is 11.8. The number of hydrogen-bond acceptors (Lipinski definition) is 4. The Morgan fingerprint density at radius 1 is 1.30 bits per heavy atom. The van der Waals surface area contributed by atoms with Crippen LogP contribution in [0.3, 0.4) is 0 Å². The minimum atomic E-state index is 0.0611. The molecule has 2 N–H and O–H groups in total. The second-order valence-corrected chi connectivity index (χ2v) is 6.31. The largest absolute Gasteiger partial charge is 0.492 e. The number of halogens is 2. The Labute approximate surface area is 147 Å². The van der Waals surface area contributed by atoms with E-state index in [0.29, 0.717) is 41.8 Å². The highest BCUT2D eigenvalue weighted by molar-refractivity contribution is 6.35. The third-order valence-electron chi connectivity index (χ3n) is 3.66. The molecule has 128 valence electrons. The van der Waals surface area contributed by atoms with E-state index in [2.05, 4.69) is 15.5 Å². The number of carbonyl (C=O) groups is 1. The number of hydrogen-bond donors (Lipinski definition) is 2. The molecule has 5 nitrogen and oxygen atoms in total. The number of carbonyl (C=O) groups excluding carboxylic acids is 1. The van der Waals surface area contributed by atoms with E-state index in [1.54, 1.807) is 18.2 Å². The predicted octanol–water partition coefficient (Wildman–Crippen LogP) is 2.17. The molecule has 2 rings (SSSR count). The second-order valence-electron chi connectivity index (χ2n) is 5.47. The van der Waals surface area contributed by atoms with Gasteiger partial charge in [0.2, 0.25) is 5.91 Å². The van der Waals surface area contributed by atoms with E-state index < -0.39 is 0 Å². The molecule has 0 aromatic heterocycles. The maximum atomic E-state index is 11.8. The van der Waals surface area contributed by atoms with Crippen LogP contribution in [0.4, 0.5) is 0 Å². The van der Waals surface area contributed by atoms with Crippen molar-refractivity contribution < 1.29 is 9.53 Å². The lowest BCUT2D eigenvalue weighted by molar-refractivity contribution is -0.121. The van der Waals surface area contributed by atoms with E-state index in [9.17, 15) is 4.79 Å². The summed E-state index contributed by atoms with van der Waals surface area (Å²) in [6.07, 6.45) is 1.10. The number of amides is 1. The first kappa shape index (κ1) is 18.3. The highest BCUT2D eigenvalue weighted by Crippen LogP contribution is 2.27. The fourth-order valence-electron chi connectivity index (χ4n) is 2.38. The standard InChI is InChI=1S/C16H23Cl2N3O2/c17-13-3-4-15(14(18)12-13)23-11-1-2-16(22)20-7-10-21-8-5-19-6-9-21/h3-4,12,19H,1-2,5-11H2,(H,20,22). The van der Waals surface area contributed by atoms with Gasteiger partial charge in [0.15, 0.2) is 0 Å². The smallest absolute Gasteiger partial charge is 0.220 e. The van der Waals surface area contributed by atoms with Crippen LogP contribution in [-0.2, 0) is 4.79 Å². The summed E-state index contributed by atoms with van der Waals surface area (Å²) >= 11 is 11.8. The Balaban J connectivity index is 1.54. The summed E-state index contributed by atoms with van der Waals surface area (Å²) in [4.78, 5) is 14.1. The number of nitrogens with zero attached hydrogens (tertiary/aromatic N) is 1. The summed E-state index contributed by atoms with van der Waals surface area (Å²) < 4.78 is 5.56. The van der Waals surface area contributed by atoms with Gasteiger partial charge in [0.1, 0.15) is 5.75 Å². The normalized spacial score (nSPS) is 15.4. The molecule has 23 heavy (non-hydrogen) atoms. The molecule has 0 bridgehead atoms. The fourth-order valence-corrected chi connectivity index (χ4v) is 2.85. The van der Waals surface area contributed by atoms with E-state index in [4.69, 9.17) is 27.9 Å². The van der Waals surface area contributed by atoms with Gasteiger partial charge in [-0.2, -0.15) is 0 Å². The molecule has 1 amide bonds. The number of benzene rings is 1. The lowest BCUT2D eigenvalue weighted by Crippen LogP contribution is -2.46. The lowest BCUT2D eigenvalue weighted by atomic mass is 10.3. The Bertz CT molecular complexity index is 508. The van der Waals surface area contributed by atoms with Gasteiger partial charge in [-0.15, -0.1) is 0 Å². The molecular formula is C16H23Cl2N3O2. The Kier molecular flexibility index (Phi) is 7.95. The first-order valence-corrected chi connectivity index (χ1v) is 8.68. The van der Waals surface area contributed by atoms with Crippen molar-refractivity contribution in [2.45, 2.75) is 12.8 Å². The van der Waals surface area contributed by atoms with Crippen LogP contribution >= 0.6 is 23.2 Å². The van der Waals surface area contributed by atoms with Gasteiger partial charge < -0.3 is 15.4 Å². The molecule has 0 spiro atoms. The topological polar surface area (TPSA) is 53.6 Å². The first-order chi connectivity index (χ1) is 11.1. The number of ether oxygens (including phenoxy) is 1. The maximum Gasteiger partial charge on any atom is 0.220 e. The lowest BCUT2D eigenvalue weighted by Gasteiger charge is -2.27. The molecular weight excluding hydrogens is 337 g/mol. The van der Waals surface area contributed by atoms with Crippen molar-refractivity contribution in [2.75, 3.05) is 45.9 Å². The summed E-state index contributed by atoms with van der Waals surface area (Å²) in [6, 6.07) is 5.10. The zero-order chi connectivity index (χ0) is 16.5. The van der Waals surface area contributed by atoms with Gasteiger partial charge in [-0.25, -0.2) is 0 Å². The highest BCUT2D eigenvalue weighted by Gasteiger charge is 2.09.